The van der Waals surface area contributed by atoms with Gasteiger partial charge in [0.25, 0.3) is 0 Å². The zero-order valence-corrected chi connectivity index (χ0v) is 15.5. The average molecular weight is 344 g/mol. The first-order chi connectivity index (χ1) is 12.1. The highest BCUT2D eigenvalue weighted by atomic mass is 16.5. The molecule has 0 radical (unpaired) electrons. The van der Waals surface area contributed by atoms with Crippen molar-refractivity contribution >= 4 is 5.96 Å². The SMILES string of the molecule is CCc1nncn1CCNC(=NC)NCC(C)Oc1ccccc1C. The molecule has 136 valence electrons. The van der Waals surface area contributed by atoms with E-state index < -0.39 is 0 Å². The van der Waals surface area contributed by atoms with E-state index in [4.69, 9.17) is 4.74 Å². The molecule has 2 rings (SSSR count). The Morgan fingerprint density at radius 2 is 2.12 bits per heavy atom. The lowest BCUT2D eigenvalue weighted by atomic mass is 10.2. The van der Waals surface area contributed by atoms with Gasteiger partial charge in [0.15, 0.2) is 5.96 Å². The van der Waals surface area contributed by atoms with Crippen LogP contribution >= 0.6 is 0 Å². The van der Waals surface area contributed by atoms with Gasteiger partial charge in [0, 0.05) is 26.6 Å². The molecule has 0 spiro atoms. The van der Waals surface area contributed by atoms with Crippen LogP contribution in [0.15, 0.2) is 35.6 Å². The van der Waals surface area contributed by atoms with Gasteiger partial charge in [-0.15, -0.1) is 10.2 Å². The Morgan fingerprint density at radius 3 is 2.84 bits per heavy atom. The number of nitrogens with zero attached hydrogens (tertiary/aromatic N) is 4. The quantitative estimate of drug-likeness (QED) is 0.564. The van der Waals surface area contributed by atoms with Crippen LogP contribution in [0.5, 0.6) is 5.75 Å². The van der Waals surface area contributed by atoms with Crippen LogP contribution in [0, 0.1) is 6.92 Å². The largest absolute Gasteiger partial charge is 0.489 e. The zero-order valence-electron chi connectivity index (χ0n) is 15.5. The zero-order chi connectivity index (χ0) is 18.1. The highest BCUT2D eigenvalue weighted by Crippen LogP contribution is 2.17. The van der Waals surface area contributed by atoms with Crippen molar-refractivity contribution in [1.29, 1.82) is 0 Å². The Balaban J connectivity index is 1.73. The number of ether oxygens (including phenoxy) is 1. The van der Waals surface area contributed by atoms with Crippen LogP contribution in [-0.4, -0.2) is 47.0 Å². The summed E-state index contributed by atoms with van der Waals surface area (Å²) in [7, 11) is 1.76. The van der Waals surface area contributed by atoms with Gasteiger partial charge in [0.05, 0.1) is 6.54 Å². The molecular formula is C18H28N6O. The molecule has 0 saturated carbocycles. The molecule has 2 N–H and O–H groups in total. The molecule has 1 aromatic heterocycles. The summed E-state index contributed by atoms with van der Waals surface area (Å²) in [6.07, 6.45) is 2.67. The molecule has 1 aromatic carbocycles. The molecule has 1 heterocycles. The third kappa shape index (κ3) is 5.77. The van der Waals surface area contributed by atoms with Crippen molar-refractivity contribution in [2.45, 2.75) is 39.8 Å². The van der Waals surface area contributed by atoms with Gasteiger partial charge in [-0.05, 0) is 25.5 Å². The molecule has 7 nitrogen and oxygen atoms in total. The van der Waals surface area contributed by atoms with E-state index in [-0.39, 0.29) is 6.10 Å². The fourth-order valence-electron chi connectivity index (χ4n) is 2.44. The molecule has 0 aliphatic rings. The summed E-state index contributed by atoms with van der Waals surface area (Å²) in [5.74, 6) is 2.66. The van der Waals surface area contributed by atoms with E-state index in [0.29, 0.717) is 6.54 Å². The van der Waals surface area contributed by atoms with Crippen molar-refractivity contribution in [1.82, 2.24) is 25.4 Å². The van der Waals surface area contributed by atoms with Gasteiger partial charge < -0.3 is 19.9 Å². The summed E-state index contributed by atoms with van der Waals surface area (Å²) >= 11 is 0. The van der Waals surface area contributed by atoms with Gasteiger partial charge in [-0.1, -0.05) is 25.1 Å². The highest BCUT2D eigenvalue weighted by molar-refractivity contribution is 5.79. The monoisotopic (exact) mass is 344 g/mol. The van der Waals surface area contributed by atoms with Crippen LogP contribution in [0.2, 0.25) is 0 Å². The molecule has 0 aliphatic heterocycles. The maximum atomic E-state index is 5.97. The number of aryl methyl sites for hydroxylation is 2. The van der Waals surface area contributed by atoms with Crippen molar-refractivity contribution in [3.8, 4) is 5.75 Å². The Morgan fingerprint density at radius 1 is 1.32 bits per heavy atom. The number of benzene rings is 1. The fraction of sp³-hybridized carbons (Fsp3) is 0.500. The van der Waals surface area contributed by atoms with Gasteiger partial charge in [0.2, 0.25) is 0 Å². The van der Waals surface area contributed by atoms with Crippen LogP contribution in [0.4, 0.5) is 0 Å². The molecule has 2 aromatic rings. The fourth-order valence-corrected chi connectivity index (χ4v) is 2.44. The standard InChI is InChI=1S/C18H28N6O/c1-5-17-23-22-13-24(17)11-10-20-18(19-4)21-12-15(3)25-16-9-7-6-8-14(16)2/h6-9,13,15H,5,10-12H2,1-4H3,(H2,19,20,21). The minimum absolute atomic E-state index is 0.0317. The number of guanidine groups is 1. The van der Waals surface area contributed by atoms with E-state index in [1.165, 1.54) is 0 Å². The van der Waals surface area contributed by atoms with Crippen LogP contribution < -0.4 is 15.4 Å². The Bertz CT molecular complexity index is 682. The van der Waals surface area contributed by atoms with E-state index in [9.17, 15) is 0 Å². The van der Waals surface area contributed by atoms with Crippen molar-refractivity contribution in [3.05, 3.63) is 42.0 Å². The second kappa shape index (κ2) is 9.66. The summed E-state index contributed by atoms with van der Waals surface area (Å²) in [4.78, 5) is 4.24. The third-order valence-corrected chi connectivity index (χ3v) is 3.86. The van der Waals surface area contributed by atoms with Crippen LogP contribution in [0.1, 0.15) is 25.2 Å². The predicted octanol–water partition coefficient (Wildman–Crippen LogP) is 1.78. The molecule has 1 atom stereocenters. The maximum Gasteiger partial charge on any atom is 0.191 e. The molecular weight excluding hydrogens is 316 g/mol. The number of nitrogens with one attached hydrogen (secondary N) is 2. The van der Waals surface area contributed by atoms with E-state index in [2.05, 4.69) is 32.7 Å². The van der Waals surface area contributed by atoms with Gasteiger partial charge in [-0.25, -0.2) is 0 Å². The average Bonchev–Trinajstić information content (AvgIpc) is 3.07. The van der Waals surface area contributed by atoms with Crippen LogP contribution in [0.25, 0.3) is 0 Å². The molecule has 0 bridgehead atoms. The third-order valence-electron chi connectivity index (χ3n) is 3.86. The second-order valence-corrected chi connectivity index (χ2v) is 5.87. The summed E-state index contributed by atoms with van der Waals surface area (Å²) < 4.78 is 8.01. The van der Waals surface area contributed by atoms with Crippen molar-refractivity contribution in [2.24, 2.45) is 4.99 Å². The second-order valence-electron chi connectivity index (χ2n) is 5.87. The van der Waals surface area contributed by atoms with Crippen molar-refractivity contribution in [2.75, 3.05) is 20.1 Å². The molecule has 1 unspecified atom stereocenters. The van der Waals surface area contributed by atoms with E-state index in [0.717, 1.165) is 42.6 Å². The molecule has 0 aliphatic carbocycles. The number of aromatic nitrogens is 3. The van der Waals surface area contributed by atoms with Crippen LogP contribution in [0.3, 0.4) is 0 Å². The molecule has 0 amide bonds. The van der Waals surface area contributed by atoms with Crippen molar-refractivity contribution < 1.29 is 4.74 Å². The molecule has 0 fully saturated rings. The topological polar surface area (TPSA) is 76.4 Å². The Kier molecular flexibility index (Phi) is 7.25. The van der Waals surface area contributed by atoms with E-state index >= 15 is 0 Å². The smallest absolute Gasteiger partial charge is 0.191 e. The van der Waals surface area contributed by atoms with Gasteiger partial charge >= 0.3 is 0 Å². The highest BCUT2D eigenvalue weighted by Gasteiger charge is 2.07. The number of rotatable bonds is 8. The molecule has 0 saturated heterocycles. The summed E-state index contributed by atoms with van der Waals surface area (Å²) in [5, 5.41) is 14.6. The van der Waals surface area contributed by atoms with Gasteiger partial charge in [-0.2, -0.15) is 0 Å². The van der Waals surface area contributed by atoms with Crippen molar-refractivity contribution in [3.63, 3.8) is 0 Å². The minimum atomic E-state index is 0.0317. The van der Waals surface area contributed by atoms with E-state index in [1.807, 2.05) is 42.7 Å². The maximum absolute atomic E-state index is 5.97. The normalized spacial score (nSPS) is 12.7. The molecule has 7 heteroatoms. The van der Waals surface area contributed by atoms with Gasteiger partial charge in [0.1, 0.15) is 24.0 Å². The lowest BCUT2D eigenvalue weighted by Crippen LogP contribution is -2.42. The number of para-hydroxylation sites is 1. The number of hydrogen-bond donors (Lipinski definition) is 2. The summed E-state index contributed by atoms with van der Waals surface area (Å²) in [5.41, 5.74) is 1.14. The Labute approximate surface area is 149 Å². The first-order valence-electron chi connectivity index (χ1n) is 8.67. The molecule has 25 heavy (non-hydrogen) atoms. The summed E-state index contributed by atoms with van der Waals surface area (Å²) in [6.45, 7) is 8.37. The first-order valence-corrected chi connectivity index (χ1v) is 8.67. The predicted molar refractivity (Wildman–Crippen MR) is 100 cm³/mol. The first kappa shape index (κ1) is 18.8. The number of aliphatic imine (C=N–C) groups is 1. The number of hydrogen-bond acceptors (Lipinski definition) is 4. The van der Waals surface area contributed by atoms with E-state index in [1.54, 1.807) is 13.4 Å². The Hall–Kier alpha value is -2.57. The lowest BCUT2D eigenvalue weighted by molar-refractivity contribution is 0.222. The lowest BCUT2D eigenvalue weighted by Gasteiger charge is -2.19. The van der Waals surface area contributed by atoms with Crippen LogP contribution in [-0.2, 0) is 13.0 Å². The minimum Gasteiger partial charge on any atom is -0.489 e. The van der Waals surface area contributed by atoms with Gasteiger partial charge in [-0.3, -0.25) is 4.99 Å². The summed E-state index contributed by atoms with van der Waals surface area (Å²) in [6, 6.07) is 8.03.